The van der Waals surface area contributed by atoms with Crippen molar-refractivity contribution in [2.75, 3.05) is 13.1 Å². The van der Waals surface area contributed by atoms with Crippen LogP contribution in [0.1, 0.15) is 34.8 Å². The number of piperidine rings is 1. The van der Waals surface area contributed by atoms with Crippen LogP contribution < -0.4 is 15.8 Å². The Hall–Kier alpha value is -2.35. The van der Waals surface area contributed by atoms with Crippen LogP contribution in [-0.2, 0) is 19.6 Å². The second-order valence-corrected chi connectivity index (χ2v) is 11.0. The number of likely N-dealkylation sites (tertiary alicyclic amines) is 1. The van der Waals surface area contributed by atoms with E-state index in [1.807, 2.05) is 0 Å². The summed E-state index contributed by atoms with van der Waals surface area (Å²) in [5, 5.41) is 6.63. The molecular formula is C18H23N5O5S3. The van der Waals surface area contributed by atoms with Crippen LogP contribution in [0.25, 0.3) is 0 Å². The van der Waals surface area contributed by atoms with Crippen LogP contribution in [-0.4, -0.2) is 61.2 Å². The molecule has 0 radical (unpaired) electrons. The number of hydrogen-bond donors (Lipinski definition) is 3. The molecule has 1 fully saturated rings. The fourth-order valence-electron chi connectivity index (χ4n) is 3.29. The molecule has 0 unspecified atom stereocenters. The Morgan fingerprint density at radius 2 is 2.10 bits per heavy atom. The normalized spacial score (nSPS) is 19.2. The molecule has 0 spiro atoms. The van der Waals surface area contributed by atoms with Gasteiger partial charge in [-0.2, -0.15) is 0 Å². The average molecular weight is 486 g/mol. The summed E-state index contributed by atoms with van der Waals surface area (Å²) < 4.78 is 28.0. The summed E-state index contributed by atoms with van der Waals surface area (Å²) in [6.07, 6.45) is 0.415. The second kappa shape index (κ2) is 9.85. The molecule has 4 N–H and O–H groups in total. The Morgan fingerprint density at radius 3 is 2.71 bits per heavy atom. The van der Waals surface area contributed by atoms with E-state index in [1.54, 1.807) is 23.8 Å². The zero-order valence-corrected chi connectivity index (χ0v) is 19.2. The van der Waals surface area contributed by atoms with E-state index in [2.05, 4.69) is 15.0 Å². The maximum atomic E-state index is 13.0. The van der Waals surface area contributed by atoms with Crippen molar-refractivity contribution in [1.29, 1.82) is 0 Å². The first-order chi connectivity index (χ1) is 14.7. The van der Waals surface area contributed by atoms with Crippen LogP contribution in [0, 0.1) is 6.92 Å². The van der Waals surface area contributed by atoms with E-state index in [0.717, 1.165) is 16.3 Å². The van der Waals surface area contributed by atoms with E-state index in [0.29, 0.717) is 6.42 Å². The van der Waals surface area contributed by atoms with Gasteiger partial charge in [0.25, 0.3) is 5.91 Å². The number of hydrogen-bond acceptors (Lipinski definition) is 8. The summed E-state index contributed by atoms with van der Waals surface area (Å²) in [6.45, 7) is 2.00. The van der Waals surface area contributed by atoms with Gasteiger partial charge in [0, 0.05) is 30.9 Å². The molecule has 168 valence electrons. The lowest BCUT2D eigenvalue weighted by Gasteiger charge is -2.38. The number of nitrogens with zero attached hydrogens (tertiary/aromatic N) is 2. The van der Waals surface area contributed by atoms with Crippen molar-refractivity contribution in [3.63, 3.8) is 0 Å². The van der Waals surface area contributed by atoms with Crippen molar-refractivity contribution in [2.45, 2.75) is 42.5 Å². The van der Waals surface area contributed by atoms with Crippen molar-refractivity contribution >= 4 is 50.4 Å². The number of carbonyl (C=O) groups excluding carboxylic acids is 3. The summed E-state index contributed by atoms with van der Waals surface area (Å²) >= 11 is 2.43. The highest BCUT2D eigenvalue weighted by molar-refractivity contribution is 7.91. The Morgan fingerprint density at radius 1 is 1.32 bits per heavy atom. The van der Waals surface area contributed by atoms with E-state index in [4.69, 9.17) is 5.73 Å². The highest BCUT2D eigenvalue weighted by Crippen LogP contribution is 2.24. The van der Waals surface area contributed by atoms with Gasteiger partial charge in [0.1, 0.15) is 15.9 Å². The summed E-state index contributed by atoms with van der Waals surface area (Å²) in [5.41, 5.74) is 5.36. The Kier molecular flexibility index (Phi) is 7.41. The van der Waals surface area contributed by atoms with Crippen molar-refractivity contribution in [3.05, 3.63) is 33.6 Å². The molecule has 1 saturated heterocycles. The van der Waals surface area contributed by atoms with Gasteiger partial charge < -0.3 is 16.0 Å². The lowest BCUT2D eigenvalue weighted by Crippen LogP contribution is -2.57. The number of nitrogens with one attached hydrogen (secondary N) is 2. The van der Waals surface area contributed by atoms with E-state index < -0.39 is 33.9 Å². The first kappa shape index (κ1) is 23.3. The maximum absolute atomic E-state index is 13.0. The molecule has 0 aromatic carbocycles. The molecule has 2 atom stereocenters. The van der Waals surface area contributed by atoms with Crippen molar-refractivity contribution in [2.24, 2.45) is 5.73 Å². The molecule has 31 heavy (non-hydrogen) atoms. The van der Waals surface area contributed by atoms with Crippen molar-refractivity contribution < 1.29 is 22.8 Å². The molecule has 3 rings (SSSR count). The smallest absolute Gasteiger partial charge is 0.274 e. The number of aromatic nitrogens is 1. The Labute approximate surface area is 187 Å². The van der Waals surface area contributed by atoms with E-state index in [-0.39, 0.29) is 41.7 Å². The Bertz CT molecular complexity index is 1050. The lowest BCUT2D eigenvalue weighted by molar-refractivity contribution is -0.127. The van der Waals surface area contributed by atoms with Gasteiger partial charge in [-0.25, -0.2) is 18.1 Å². The standard InChI is InChI=1S/C18H23N5O5S3/c1-11-21-13(10-30-11)18(26)23-7-5-12(22-31(27,28)16-3-2-8-29-16)9-14(23)17(25)20-6-4-15(19)24/h2-3,8,10,12,14,22H,4-7,9H2,1H3,(H2,19,24)(H,20,25)/t12-,14-/m0/s1. The van der Waals surface area contributed by atoms with Crippen LogP contribution in [0.3, 0.4) is 0 Å². The molecule has 0 bridgehead atoms. The van der Waals surface area contributed by atoms with Gasteiger partial charge in [-0.15, -0.1) is 22.7 Å². The molecule has 1 aliphatic rings. The number of aryl methyl sites for hydroxylation is 1. The quantitative estimate of drug-likeness (QED) is 0.494. The Balaban J connectivity index is 1.76. The van der Waals surface area contributed by atoms with Crippen LogP contribution in [0.4, 0.5) is 0 Å². The monoisotopic (exact) mass is 485 g/mol. The third-order valence-electron chi connectivity index (χ3n) is 4.76. The summed E-state index contributed by atoms with van der Waals surface area (Å²) in [5.74, 6) is -1.42. The van der Waals surface area contributed by atoms with Gasteiger partial charge in [0.2, 0.25) is 21.8 Å². The highest BCUT2D eigenvalue weighted by atomic mass is 32.2. The second-order valence-electron chi connectivity index (χ2n) is 7.05. The predicted octanol–water partition coefficient (Wildman–Crippen LogP) is 0.456. The fourth-order valence-corrected chi connectivity index (χ4v) is 6.17. The number of primary amides is 1. The molecule has 0 saturated carbocycles. The molecule has 3 heterocycles. The van der Waals surface area contributed by atoms with Crippen LogP contribution in [0.15, 0.2) is 27.1 Å². The van der Waals surface area contributed by atoms with E-state index in [9.17, 15) is 22.8 Å². The number of amides is 3. The molecule has 2 aromatic heterocycles. The molecular weight excluding hydrogens is 462 g/mol. The van der Waals surface area contributed by atoms with Gasteiger partial charge in [0.05, 0.1) is 5.01 Å². The zero-order chi connectivity index (χ0) is 22.6. The van der Waals surface area contributed by atoms with Crippen molar-refractivity contribution in [1.82, 2.24) is 19.9 Å². The number of rotatable bonds is 8. The zero-order valence-electron chi connectivity index (χ0n) is 16.7. The van der Waals surface area contributed by atoms with Crippen LogP contribution in [0.5, 0.6) is 0 Å². The van der Waals surface area contributed by atoms with Gasteiger partial charge in [-0.3, -0.25) is 14.4 Å². The summed E-state index contributed by atoms with van der Waals surface area (Å²) in [6, 6.07) is 1.71. The summed E-state index contributed by atoms with van der Waals surface area (Å²) in [7, 11) is -3.72. The minimum Gasteiger partial charge on any atom is -0.370 e. The van der Waals surface area contributed by atoms with E-state index in [1.165, 1.54) is 22.3 Å². The number of carbonyl (C=O) groups is 3. The van der Waals surface area contributed by atoms with Crippen LogP contribution in [0.2, 0.25) is 0 Å². The highest BCUT2D eigenvalue weighted by Gasteiger charge is 2.38. The molecule has 0 aliphatic carbocycles. The third-order valence-corrected chi connectivity index (χ3v) is 8.45. The predicted molar refractivity (Wildman–Crippen MR) is 116 cm³/mol. The van der Waals surface area contributed by atoms with Gasteiger partial charge in [-0.1, -0.05) is 6.07 Å². The van der Waals surface area contributed by atoms with Crippen molar-refractivity contribution in [3.8, 4) is 0 Å². The molecule has 2 aromatic rings. The average Bonchev–Trinajstić information content (AvgIpc) is 3.39. The number of sulfonamides is 1. The molecule has 3 amide bonds. The topological polar surface area (TPSA) is 152 Å². The first-order valence-corrected chi connectivity index (χ1v) is 12.8. The number of nitrogens with two attached hydrogens (primary N) is 1. The minimum atomic E-state index is -3.72. The maximum Gasteiger partial charge on any atom is 0.274 e. The molecule has 13 heteroatoms. The van der Waals surface area contributed by atoms with E-state index >= 15 is 0 Å². The number of thiazole rings is 1. The van der Waals surface area contributed by atoms with Gasteiger partial charge in [0.15, 0.2) is 0 Å². The SMILES string of the molecule is Cc1nc(C(=O)N2CC[C@H](NS(=O)(=O)c3cccs3)C[C@H]2C(=O)NCCC(N)=O)cs1. The fraction of sp³-hybridized carbons (Fsp3) is 0.444. The van der Waals surface area contributed by atoms with Gasteiger partial charge >= 0.3 is 0 Å². The molecule has 1 aliphatic heterocycles. The minimum absolute atomic E-state index is 0.0356. The molecule has 10 nitrogen and oxygen atoms in total. The third kappa shape index (κ3) is 5.87. The first-order valence-electron chi connectivity index (χ1n) is 9.52. The lowest BCUT2D eigenvalue weighted by atomic mass is 9.96. The van der Waals surface area contributed by atoms with Crippen LogP contribution >= 0.6 is 22.7 Å². The van der Waals surface area contributed by atoms with Gasteiger partial charge in [-0.05, 0) is 31.2 Å². The largest absolute Gasteiger partial charge is 0.370 e. The number of thiophene rings is 1. The summed E-state index contributed by atoms with van der Waals surface area (Å²) in [4.78, 5) is 42.4.